The van der Waals surface area contributed by atoms with E-state index >= 15 is 0 Å². The Hall–Kier alpha value is -0.540. The number of aromatic nitrogens is 2. The van der Waals surface area contributed by atoms with Crippen molar-refractivity contribution in [2.45, 2.75) is 13.2 Å². The van der Waals surface area contributed by atoms with Gasteiger partial charge in [0.25, 0.3) is 0 Å². The van der Waals surface area contributed by atoms with E-state index in [1.54, 1.807) is 17.1 Å². The summed E-state index contributed by atoms with van der Waals surface area (Å²) in [5.74, 6) is 0.548. The number of hydrogen-bond donors (Lipinski definition) is 1. The highest BCUT2D eigenvalue weighted by molar-refractivity contribution is 6.17. The number of alkyl halides is 1. The fourth-order valence-electron chi connectivity index (χ4n) is 0.697. The molecule has 0 aromatic carbocycles. The van der Waals surface area contributed by atoms with Crippen molar-refractivity contribution in [3.05, 3.63) is 18.0 Å². The molecule has 1 rings (SSSR count). The van der Waals surface area contributed by atoms with Crippen LogP contribution in [-0.2, 0) is 13.2 Å². The van der Waals surface area contributed by atoms with Gasteiger partial charge in [-0.15, -0.1) is 11.6 Å². The van der Waals surface area contributed by atoms with Gasteiger partial charge in [0.05, 0.1) is 19.3 Å². The molecular weight excluding hydrogens is 152 g/mol. The molecule has 56 valence electrons. The van der Waals surface area contributed by atoms with Gasteiger partial charge in [0.2, 0.25) is 0 Å². The zero-order chi connectivity index (χ0) is 7.40. The molecule has 0 atom stereocenters. The Labute approximate surface area is 64.2 Å². The van der Waals surface area contributed by atoms with Crippen molar-refractivity contribution in [2.75, 3.05) is 5.88 Å². The zero-order valence-electron chi connectivity index (χ0n) is 5.50. The minimum Gasteiger partial charge on any atom is -0.392 e. The smallest absolute Gasteiger partial charge is 0.0712 e. The van der Waals surface area contributed by atoms with E-state index in [2.05, 4.69) is 5.10 Å². The molecule has 1 heterocycles. The van der Waals surface area contributed by atoms with Crippen molar-refractivity contribution in [3.8, 4) is 0 Å². The fourth-order valence-corrected chi connectivity index (χ4v) is 0.870. The van der Waals surface area contributed by atoms with Crippen LogP contribution in [0.15, 0.2) is 12.4 Å². The van der Waals surface area contributed by atoms with Crippen molar-refractivity contribution < 1.29 is 5.11 Å². The Morgan fingerprint density at radius 2 is 2.50 bits per heavy atom. The summed E-state index contributed by atoms with van der Waals surface area (Å²) >= 11 is 5.47. The topological polar surface area (TPSA) is 38.1 Å². The Bertz CT molecular complexity index is 199. The van der Waals surface area contributed by atoms with Crippen molar-refractivity contribution in [2.24, 2.45) is 0 Å². The minimum absolute atomic E-state index is 0.0439. The summed E-state index contributed by atoms with van der Waals surface area (Å²) in [7, 11) is 0. The largest absolute Gasteiger partial charge is 0.392 e. The molecule has 4 heteroatoms. The fraction of sp³-hybridized carbons (Fsp3) is 0.500. The van der Waals surface area contributed by atoms with E-state index < -0.39 is 0 Å². The molecule has 0 aliphatic rings. The predicted octanol–water partition coefficient (Wildman–Crippen LogP) is 0.614. The lowest BCUT2D eigenvalue weighted by Crippen LogP contribution is -1.98. The Kier molecular flexibility index (Phi) is 2.71. The third kappa shape index (κ3) is 1.72. The third-order valence-electron chi connectivity index (χ3n) is 1.18. The molecule has 0 amide bonds. The molecule has 1 aromatic rings. The van der Waals surface area contributed by atoms with Gasteiger partial charge >= 0.3 is 0 Å². The average molecular weight is 161 g/mol. The number of hydrogen-bond acceptors (Lipinski definition) is 2. The van der Waals surface area contributed by atoms with Gasteiger partial charge in [0, 0.05) is 17.6 Å². The van der Waals surface area contributed by atoms with E-state index in [0.717, 1.165) is 5.56 Å². The molecule has 0 saturated carbocycles. The first-order valence-electron chi connectivity index (χ1n) is 3.05. The van der Waals surface area contributed by atoms with Gasteiger partial charge < -0.3 is 5.11 Å². The maximum atomic E-state index is 8.63. The van der Waals surface area contributed by atoms with Gasteiger partial charge in [0.1, 0.15) is 0 Å². The van der Waals surface area contributed by atoms with Crippen LogP contribution in [-0.4, -0.2) is 20.8 Å². The highest BCUT2D eigenvalue weighted by Crippen LogP contribution is 1.96. The first kappa shape index (κ1) is 7.57. The molecule has 1 N–H and O–H groups in total. The number of aliphatic hydroxyl groups is 1. The second kappa shape index (κ2) is 3.58. The van der Waals surface area contributed by atoms with Crippen molar-refractivity contribution in [1.82, 2.24) is 9.78 Å². The number of nitrogens with zero attached hydrogens (tertiary/aromatic N) is 2. The monoisotopic (exact) mass is 160 g/mol. The van der Waals surface area contributed by atoms with Crippen molar-refractivity contribution in [3.63, 3.8) is 0 Å². The van der Waals surface area contributed by atoms with E-state index in [4.69, 9.17) is 16.7 Å². The predicted molar refractivity (Wildman–Crippen MR) is 38.9 cm³/mol. The second-order valence-electron chi connectivity index (χ2n) is 1.96. The van der Waals surface area contributed by atoms with E-state index in [9.17, 15) is 0 Å². The average Bonchev–Trinajstić information content (AvgIpc) is 2.37. The Morgan fingerprint density at radius 1 is 1.70 bits per heavy atom. The van der Waals surface area contributed by atoms with E-state index in [0.29, 0.717) is 12.4 Å². The van der Waals surface area contributed by atoms with Crippen LogP contribution >= 0.6 is 11.6 Å². The summed E-state index contributed by atoms with van der Waals surface area (Å²) < 4.78 is 1.71. The maximum Gasteiger partial charge on any atom is 0.0712 e. The van der Waals surface area contributed by atoms with Crippen molar-refractivity contribution in [1.29, 1.82) is 0 Å². The summed E-state index contributed by atoms with van der Waals surface area (Å²) in [5.41, 5.74) is 0.824. The number of halogens is 1. The van der Waals surface area contributed by atoms with Gasteiger partial charge in [-0.05, 0) is 0 Å². The third-order valence-corrected chi connectivity index (χ3v) is 1.35. The van der Waals surface area contributed by atoms with Gasteiger partial charge in [-0.2, -0.15) is 5.10 Å². The van der Waals surface area contributed by atoms with Crippen LogP contribution < -0.4 is 0 Å². The summed E-state index contributed by atoms with van der Waals surface area (Å²) in [6.07, 6.45) is 3.41. The number of aliphatic hydroxyl groups excluding tert-OH is 1. The molecule has 3 nitrogen and oxygen atoms in total. The van der Waals surface area contributed by atoms with Crippen LogP contribution in [0.1, 0.15) is 5.56 Å². The molecule has 0 bridgehead atoms. The Balaban J connectivity index is 2.59. The molecule has 0 saturated heterocycles. The zero-order valence-corrected chi connectivity index (χ0v) is 6.25. The lowest BCUT2D eigenvalue weighted by atomic mass is 10.4. The first-order chi connectivity index (χ1) is 4.86. The van der Waals surface area contributed by atoms with Crippen LogP contribution in [0, 0.1) is 0 Å². The van der Waals surface area contributed by atoms with Gasteiger partial charge in [-0.25, -0.2) is 0 Å². The van der Waals surface area contributed by atoms with Gasteiger partial charge in [-0.1, -0.05) is 0 Å². The summed E-state index contributed by atoms with van der Waals surface area (Å²) in [5, 5.41) is 12.6. The highest BCUT2D eigenvalue weighted by atomic mass is 35.5. The number of aryl methyl sites for hydroxylation is 1. The minimum atomic E-state index is 0.0439. The molecule has 0 spiro atoms. The normalized spacial score (nSPS) is 10.2. The van der Waals surface area contributed by atoms with Crippen LogP contribution in [0.5, 0.6) is 0 Å². The van der Waals surface area contributed by atoms with Crippen molar-refractivity contribution >= 4 is 11.6 Å². The molecule has 0 fully saturated rings. The number of rotatable bonds is 3. The van der Waals surface area contributed by atoms with E-state index in [1.165, 1.54) is 0 Å². The first-order valence-corrected chi connectivity index (χ1v) is 3.58. The van der Waals surface area contributed by atoms with E-state index in [1.807, 2.05) is 0 Å². The van der Waals surface area contributed by atoms with Gasteiger partial charge in [0.15, 0.2) is 0 Å². The van der Waals surface area contributed by atoms with Crippen LogP contribution in [0.2, 0.25) is 0 Å². The SMILES string of the molecule is OCc1cnn(CCCl)c1. The quantitative estimate of drug-likeness (QED) is 0.659. The van der Waals surface area contributed by atoms with Crippen LogP contribution in [0.3, 0.4) is 0 Å². The molecule has 0 radical (unpaired) electrons. The standard InChI is InChI=1S/C6H9ClN2O/c7-1-2-9-4-6(5-10)3-8-9/h3-4,10H,1-2,5H2. The lowest BCUT2D eigenvalue weighted by Gasteiger charge is -1.92. The van der Waals surface area contributed by atoms with Crippen LogP contribution in [0.25, 0.3) is 0 Å². The highest BCUT2D eigenvalue weighted by Gasteiger charge is 1.94. The Morgan fingerprint density at radius 3 is 3.00 bits per heavy atom. The van der Waals surface area contributed by atoms with E-state index in [-0.39, 0.29) is 6.61 Å². The van der Waals surface area contributed by atoms with Crippen LogP contribution in [0.4, 0.5) is 0 Å². The maximum absolute atomic E-state index is 8.63. The summed E-state index contributed by atoms with van der Waals surface area (Å²) in [6.45, 7) is 0.740. The molecule has 0 unspecified atom stereocenters. The van der Waals surface area contributed by atoms with Gasteiger partial charge in [-0.3, -0.25) is 4.68 Å². The summed E-state index contributed by atoms with van der Waals surface area (Å²) in [6, 6.07) is 0. The molecule has 1 aromatic heterocycles. The molecule has 10 heavy (non-hydrogen) atoms. The molecule has 0 aliphatic carbocycles. The molecule has 0 aliphatic heterocycles. The molecular formula is C6H9ClN2O. The summed E-state index contributed by atoms with van der Waals surface area (Å²) in [4.78, 5) is 0. The second-order valence-corrected chi connectivity index (χ2v) is 2.34. The lowest BCUT2D eigenvalue weighted by molar-refractivity contribution is 0.281.